The molecule has 0 bridgehead atoms. The van der Waals surface area contributed by atoms with Crippen molar-refractivity contribution < 1.29 is 9.90 Å². The van der Waals surface area contributed by atoms with Gasteiger partial charge in [0.05, 0.1) is 5.69 Å². The Morgan fingerprint density at radius 1 is 1.65 bits per heavy atom. The Morgan fingerprint density at radius 2 is 2.41 bits per heavy atom. The average molecular weight is 236 g/mol. The highest BCUT2D eigenvalue weighted by Gasteiger charge is 2.17. The number of anilines is 1. The number of aliphatic carboxylic acids is 1. The monoisotopic (exact) mass is 236 g/mol. The van der Waals surface area contributed by atoms with Crippen LogP contribution in [0.1, 0.15) is 11.3 Å². The van der Waals surface area contributed by atoms with Crippen LogP contribution in [0.15, 0.2) is 6.20 Å². The van der Waals surface area contributed by atoms with E-state index in [1.165, 1.54) is 0 Å². The van der Waals surface area contributed by atoms with Gasteiger partial charge < -0.3 is 14.9 Å². The number of carboxylic acid groups (broad SMARTS) is 1. The minimum Gasteiger partial charge on any atom is -0.480 e. The predicted octanol–water partition coefficient (Wildman–Crippen LogP) is -0.0147. The largest absolute Gasteiger partial charge is 0.480 e. The highest BCUT2D eigenvalue weighted by atomic mass is 16.4. The minimum atomic E-state index is -0.881. The molecule has 0 aliphatic carbocycles. The van der Waals surface area contributed by atoms with E-state index >= 15 is 0 Å². The van der Waals surface area contributed by atoms with E-state index in [0.717, 1.165) is 30.8 Å². The molecule has 1 aromatic rings. The number of aromatic nitrogens is 2. The molecule has 6 heteroatoms. The Labute approximate surface area is 99.9 Å². The lowest BCUT2D eigenvalue weighted by Crippen LogP contribution is -2.30. The maximum Gasteiger partial charge on any atom is 0.323 e. The van der Waals surface area contributed by atoms with Gasteiger partial charge in [0.15, 0.2) is 0 Å². The van der Waals surface area contributed by atoms with Crippen LogP contribution in [0.4, 0.5) is 5.95 Å². The van der Waals surface area contributed by atoms with Crippen molar-refractivity contribution in [3.05, 3.63) is 17.5 Å². The van der Waals surface area contributed by atoms with E-state index in [4.69, 9.17) is 5.11 Å². The molecule has 1 N–H and O–H groups in total. The van der Waals surface area contributed by atoms with E-state index in [2.05, 4.69) is 21.9 Å². The molecule has 0 radical (unpaired) electrons. The molecular weight excluding hydrogens is 220 g/mol. The van der Waals surface area contributed by atoms with E-state index in [9.17, 15) is 4.79 Å². The molecule has 6 nitrogen and oxygen atoms in total. The number of hydrogen-bond donors (Lipinski definition) is 1. The Morgan fingerprint density at radius 3 is 3.12 bits per heavy atom. The number of rotatable bonds is 3. The molecule has 2 heterocycles. The van der Waals surface area contributed by atoms with Gasteiger partial charge in [-0.1, -0.05) is 0 Å². The van der Waals surface area contributed by atoms with Gasteiger partial charge >= 0.3 is 5.97 Å². The predicted molar refractivity (Wildman–Crippen MR) is 63.0 cm³/mol. The second-order valence-electron chi connectivity index (χ2n) is 4.38. The molecule has 0 aromatic carbocycles. The molecule has 1 aliphatic rings. The summed E-state index contributed by atoms with van der Waals surface area (Å²) in [5.74, 6) is -0.399. The fraction of sp³-hybridized carbons (Fsp3) is 0.545. The second-order valence-corrected chi connectivity index (χ2v) is 4.38. The quantitative estimate of drug-likeness (QED) is 0.795. The van der Waals surface area contributed by atoms with Crippen LogP contribution >= 0.6 is 0 Å². The van der Waals surface area contributed by atoms with E-state index in [1.54, 1.807) is 18.1 Å². The lowest BCUT2D eigenvalue weighted by atomic mass is 10.1. The lowest BCUT2D eigenvalue weighted by molar-refractivity contribution is -0.135. The zero-order valence-corrected chi connectivity index (χ0v) is 10.1. The Kier molecular flexibility index (Phi) is 3.23. The van der Waals surface area contributed by atoms with Gasteiger partial charge in [-0.15, -0.1) is 0 Å². The molecular formula is C11H16N4O2. The van der Waals surface area contributed by atoms with Crippen molar-refractivity contribution in [1.82, 2.24) is 14.9 Å². The summed E-state index contributed by atoms with van der Waals surface area (Å²) in [6.07, 6.45) is 2.69. The van der Waals surface area contributed by atoms with Gasteiger partial charge in [0.25, 0.3) is 0 Å². The standard InChI is InChI=1S/C11H16N4O2/c1-14-4-3-9-8(6-14)5-12-11(13-9)15(2)7-10(16)17/h5H,3-4,6-7H2,1-2H3,(H,16,17). The molecule has 2 rings (SSSR count). The maximum atomic E-state index is 10.6. The van der Waals surface area contributed by atoms with Crippen LogP contribution in [-0.4, -0.2) is 53.1 Å². The third kappa shape index (κ3) is 2.71. The van der Waals surface area contributed by atoms with E-state index < -0.39 is 5.97 Å². The third-order valence-corrected chi connectivity index (χ3v) is 2.83. The highest BCUT2D eigenvalue weighted by Crippen LogP contribution is 2.17. The fourth-order valence-electron chi connectivity index (χ4n) is 1.90. The lowest BCUT2D eigenvalue weighted by Gasteiger charge is -2.25. The topological polar surface area (TPSA) is 69.6 Å². The molecule has 17 heavy (non-hydrogen) atoms. The van der Waals surface area contributed by atoms with Crippen molar-refractivity contribution in [1.29, 1.82) is 0 Å². The van der Waals surface area contributed by atoms with Crippen molar-refractivity contribution in [2.24, 2.45) is 0 Å². The number of fused-ring (bicyclic) bond motifs is 1. The van der Waals surface area contributed by atoms with Crippen molar-refractivity contribution in [2.75, 3.05) is 32.1 Å². The maximum absolute atomic E-state index is 10.6. The number of carbonyl (C=O) groups is 1. The summed E-state index contributed by atoms with van der Waals surface area (Å²) in [7, 11) is 3.75. The van der Waals surface area contributed by atoms with E-state index in [-0.39, 0.29) is 6.54 Å². The van der Waals surface area contributed by atoms with Gasteiger partial charge in [0.2, 0.25) is 5.95 Å². The molecule has 0 fully saturated rings. The Balaban J connectivity index is 2.19. The summed E-state index contributed by atoms with van der Waals surface area (Å²) in [4.78, 5) is 23.0. The van der Waals surface area contributed by atoms with Gasteiger partial charge in [-0.2, -0.15) is 0 Å². The first kappa shape index (κ1) is 11.8. The van der Waals surface area contributed by atoms with Crippen LogP contribution < -0.4 is 4.90 Å². The van der Waals surface area contributed by atoms with Crippen LogP contribution in [0.2, 0.25) is 0 Å². The number of hydrogen-bond acceptors (Lipinski definition) is 5. The van der Waals surface area contributed by atoms with Crippen LogP contribution in [0.3, 0.4) is 0 Å². The Hall–Kier alpha value is -1.69. The van der Waals surface area contributed by atoms with Crippen LogP contribution in [-0.2, 0) is 17.8 Å². The number of likely N-dealkylation sites (N-methyl/N-ethyl adjacent to an activating group) is 2. The summed E-state index contributed by atoms with van der Waals surface area (Å²) in [6, 6.07) is 0. The first-order valence-electron chi connectivity index (χ1n) is 5.52. The van der Waals surface area contributed by atoms with Gasteiger partial charge in [0.1, 0.15) is 6.54 Å². The summed E-state index contributed by atoms with van der Waals surface area (Å²) in [5.41, 5.74) is 2.16. The van der Waals surface area contributed by atoms with Crippen molar-refractivity contribution in [3.8, 4) is 0 Å². The molecule has 0 saturated heterocycles. The molecule has 0 amide bonds. The zero-order valence-electron chi connectivity index (χ0n) is 10.1. The van der Waals surface area contributed by atoms with Crippen molar-refractivity contribution >= 4 is 11.9 Å². The third-order valence-electron chi connectivity index (χ3n) is 2.83. The molecule has 1 aromatic heterocycles. The highest BCUT2D eigenvalue weighted by molar-refractivity contribution is 5.72. The molecule has 1 aliphatic heterocycles. The number of carboxylic acids is 1. The Bertz CT molecular complexity index is 435. The normalized spacial score (nSPS) is 15.4. The summed E-state index contributed by atoms with van der Waals surface area (Å²) in [6.45, 7) is 1.75. The first-order valence-corrected chi connectivity index (χ1v) is 5.52. The summed E-state index contributed by atoms with van der Waals surface area (Å²) >= 11 is 0. The van der Waals surface area contributed by atoms with Gasteiger partial charge in [-0.25, -0.2) is 9.97 Å². The van der Waals surface area contributed by atoms with Crippen LogP contribution in [0, 0.1) is 0 Å². The SMILES string of the molecule is CN1CCc2nc(N(C)CC(=O)O)ncc2C1. The summed E-state index contributed by atoms with van der Waals surface area (Å²) < 4.78 is 0. The minimum absolute atomic E-state index is 0.0846. The van der Waals surface area contributed by atoms with E-state index in [1.807, 2.05) is 0 Å². The molecule has 0 spiro atoms. The molecule has 0 atom stereocenters. The smallest absolute Gasteiger partial charge is 0.323 e. The first-order chi connectivity index (χ1) is 8.06. The fourth-order valence-corrected chi connectivity index (χ4v) is 1.90. The molecule has 92 valence electrons. The average Bonchev–Trinajstić information content (AvgIpc) is 2.27. The zero-order chi connectivity index (χ0) is 12.4. The van der Waals surface area contributed by atoms with E-state index in [0.29, 0.717) is 5.95 Å². The van der Waals surface area contributed by atoms with Crippen molar-refractivity contribution in [2.45, 2.75) is 13.0 Å². The van der Waals surface area contributed by atoms with Gasteiger partial charge in [-0.3, -0.25) is 4.79 Å². The second kappa shape index (κ2) is 4.67. The van der Waals surface area contributed by atoms with Gasteiger partial charge in [0, 0.05) is 38.3 Å². The summed E-state index contributed by atoms with van der Waals surface area (Å²) in [5, 5.41) is 8.71. The number of nitrogens with zero attached hydrogens (tertiary/aromatic N) is 4. The van der Waals surface area contributed by atoms with Crippen molar-refractivity contribution in [3.63, 3.8) is 0 Å². The molecule has 0 saturated carbocycles. The van der Waals surface area contributed by atoms with Crippen LogP contribution in [0.25, 0.3) is 0 Å². The van der Waals surface area contributed by atoms with Crippen LogP contribution in [0.5, 0.6) is 0 Å². The van der Waals surface area contributed by atoms with Gasteiger partial charge in [-0.05, 0) is 7.05 Å². The molecule has 0 unspecified atom stereocenters.